The summed E-state index contributed by atoms with van der Waals surface area (Å²) in [5, 5.41) is 8.15. The number of benzene rings is 2. The molecule has 3 aromatic rings. The summed E-state index contributed by atoms with van der Waals surface area (Å²) in [6.07, 6.45) is 7.30. The average Bonchev–Trinajstić information content (AvgIpc) is 3.07. The number of hydrogen-bond donors (Lipinski definition) is 1. The van der Waals surface area contributed by atoms with Crippen molar-refractivity contribution in [2.45, 2.75) is 57.5 Å². The van der Waals surface area contributed by atoms with E-state index in [0.717, 1.165) is 75.2 Å². The number of carbonyl (C=O) groups excluding carboxylic acids is 1. The fourth-order valence-corrected chi connectivity index (χ4v) is 5.26. The van der Waals surface area contributed by atoms with Crippen LogP contribution in [0.4, 0.5) is 0 Å². The molecule has 2 aliphatic rings. The largest absolute Gasteiger partial charge is 0.497 e. The number of likely N-dealkylation sites (tertiary alicyclic amines) is 1. The van der Waals surface area contributed by atoms with Crippen LogP contribution in [-0.2, 0) is 19.4 Å². The zero-order chi connectivity index (χ0) is 23.3. The molecule has 0 spiro atoms. The van der Waals surface area contributed by atoms with Gasteiger partial charge in [0, 0.05) is 36.9 Å². The van der Waals surface area contributed by atoms with Crippen LogP contribution in [0.1, 0.15) is 59.4 Å². The van der Waals surface area contributed by atoms with Gasteiger partial charge in [0.05, 0.1) is 12.8 Å². The van der Waals surface area contributed by atoms with Crippen LogP contribution in [0, 0.1) is 0 Å². The predicted molar refractivity (Wildman–Crippen MR) is 134 cm³/mol. The van der Waals surface area contributed by atoms with Crippen LogP contribution in [0.3, 0.4) is 0 Å². The van der Waals surface area contributed by atoms with Crippen LogP contribution in [0.2, 0.25) is 0 Å². The Morgan fingerprint density at radius 3 is 2.62 bits per heavy atom. The maximum atomic E-state index is 13.4. The van der Waals surface area contributed by atoms with E-state index in [1.807, 2.05) is 35.0 Å². The van der Waals surface area contributed by atoms with Gasteiger partial charge < -0.3 is 10.1 Å². The number of ether oxygens (including phenoxy) is 1. The number of amides is 1. The summed E-state index contributed by atoms with van der Waals surface area (Å²) in [6, 6.07) is 18.7. The molecule has 0 unspecified atom stereocenters. The third-order valence-corrected chi connectivity index (χ3v) is 7.11. The van der Waals surface area contributed by atoms with Crippen molar-refractivity contribution in [3.63, 3.8) is 0 Å². The van der Waals surface area contributed by atoms with Crippen LogP contribution >= 0.6 is 0 Å². The molecule has 34 heavy (non-hydrogen) atoms. The number of methoxy groups -OCH3 is 1. The lowest BCUT2D eigenvalue weighted by Crippen LogP contribution is -2.44. The van der Waals surface area contributed by atoms with Gasteiger partial charge in [0.1, 0.15) is 5.75 Å². The van der Waals surface area contributed by atoms with Gasteiger partial charge in [0.25, 0.3) is 5.91 Å². The van der Waals surface area contributed by atoms with Crippen LogP contribution in [0.15, 0.2) is 54.6 Å². The molecule has 2 heterocycles. The second-order valence-electron chi connectivity index (χ2n) is 9.46. The van der Waals surface area contributed by atoms with Crippen molar-refractivity contribution in [2.24, 2.45) is 0 Å². The van der Waals surface area contributed by atoms with Gasteiger partial charge in [0.15, 0.2) is 5.69 Å². The summed E-state index contributed by atoms with van der Waals surface area (Å²) < 4.78 is 7.36. The highest BCUT2D eigenvalue weighted by Gasteiger charge is 2.27. The molecule has 5 rings (SSSR count). The average molecular weight is 459 g/mol. The van der Waals surface area contributed by atoms with Crippen molar-refractivity contribution in [1.29, 1.82) is 0 Å². The van der Waals surface area contributed by atoms with E-state index in [9.17, 15) is 4.79 Å². The number of hydrogen-bond acceptors (Lipinski definition) is 4. The van der Waals surface area contributed by atoms with Crippen LogP contribution in [0.25, 0.3) is 5.69 Å². The molecule has 178 valence electrons. The third kappa shape index (κ3) is 5.02. The number of fused-ring (bicyclic) bond motifs is 1. The Kier molecular flexibility index (Phi) is 6.95. The summed E-state index contributed by atoms with van der Waals surface area (Å²) >= 11 is 0. The Hall–Kier alpha value is -3.12. The van der Waals surface area contributed by atoms with E-state index in [2.05, 4.69) is 34.5 Å². The van der Waals surface area contributed by atoms with Crippen molar-refractivity contribution in [1.82, 2.24) is 20.0 Å². The highest BCUT2D eigenvalue weighted by atomic mass is 16.5. The first-order valence-electron chi connectivity index (χ1n) is 12.5. The third-order valence-electron chi connectivity index (χ3n) is 7.11. The molecule has 1 aromatic heterocycles. The van der Waals surface area contributed by atoms with E-state index >= 15 is 0 Å². The van der Waals surface area contributed by atoms with Gasteiger partial charge in [-0.2, -0.15) is 5.10 Å². The zero-order valence-electron chi connectivity index (χ0n) is 20.0. The molecule has 2 aromatic carbocycles. The molecule has 1 aliphatic carbocycles. The highest BCUT2D eigenvalue weighted by Crippen LogP contribution is 2.27. The Bertz CT molecular complexity index is 1120. The maximum Gasteiger partial charge on any atom is 0.272 e. The first kappa shape index (κ1) is 22.7. The standard InChI is InChI=1S/C28H34N4O2/c1-34-24-12-8-9-21(19-24)20-31-17-15-22(16-18-31)29-28(33)27-25-13-6-3-7-14-26(25)32(30-27)23-10-4-2-5-11-23/h2,4-5,8-12,19,22H,3,6-7,13-18,20H2,1H3,(H,29,33). The highest BCUT2D eigenvalue weighted by molar-refractivity contribution is 5.94. The smallest absolute Gasteiger partial charge is 0.272 e. The molecule has 0 atom stereocenters. The zero-order valence-corrected chi connectivity index (χ0v) is 20.0. The molecule has 1 amide bonds. The van der Waals surface area contributed by atoms with Crippen molar-refractivity contribution in [3.8, 4) is 11.4 Å². The van der Waals surface area contributed by atoms with E-state index in [-0.39, 0.29) is 11.9 Å². The number of aromatic nitrogens is 2. The molecule has 1 saturated heterocycles. The quantitative estimate of drug-likeness (QED) is 0.551. The number of nitrogens with one attached hydrogen (secondary N) is 1. The lowest BCUT2D eigenvalue weighted by atomic mass is 10.0. The summed E-state index contributed by atoms with van der Waals surface area (Å²) in [4.78, 5) is 15.8. The Morgan fingerprint density at radius 2 is 1.82 bits per heavy atom. The predicted octanol–water partition coefficient (Wildman–Crippen LogP) is 4.54. The first-order valence-corrected chi connectivity index (χ1v) is 12.5. The molecule has 0 bridgehead atoms. The monoisotopic (exact) mass is 458 g/mol. The minimum absolute atomic E-state index is 0.0147. The Balaban J connectivity index is 1.25. The molecule has 1 fully saturated rings. The van der Waals surface area contributed by atoms with Gasteiger partial charge in [-0.3, -0.25) is 9.69 Å². The SMILES string of the molecule is COc1cccc(CN2CCC(NC(=O)c3nn(-c4ccccc4)c4c3CCCCC4)CC2)c1. The lowest BCUT2D eigenvalue weighted by molar-refractivity contribution is 0.0902. The number of para-hydroxylation sites is 1. The molecule has 6 nitrogen and oxygen atoms in total. The molecular formula is C28H34N4O2. The van der Waals surface area contributed by atoms with E-state index in [4.69, 9.17) is 9.84 Å². The summed E-state index contributed by atoms with van der Waals surface area (Å²) in [6.45, 7) is 2.85. The fourth-order valence-electron chi connectivity index (χ4n) is 5.26. The van der Waals surface area contributed by atoms with E-state index in [1.165, 1.54) is 17.7 Å². The van der Waals surface area contributed by atoms with Crippen LogP contribution in [-0.4, -0.2) is 46.8 Å². The maximum absolute atomic E-state index is 13.4. The van der Waals surface area contributed by atoms with Gasteiger partial charge >= 0.3 is 0 Å². The van der Waals surface area contributed by atoms with Crippen molar-refractivity contribution < 1.29 is 9.53 Å². The first-order chi connectivity index (χ1) is 16.7. The van der Waals surface area contributed by atoms with E-state index in [0.29, 0.717) is 5.69 Å². The van der Waals surface area contributed by atoms with Crippen molar-refractivity contribution in [3.05, 3.63) is 77.1 Å². The number of carbonyl (C=O) groups is 1. The summed E-state index contributed by atoms with van der Waals surface area (Å²) in [7, 11) is 1.70. The number of nitrogens with zero attached hydrogens (tertiary/aromatic N) is 3. The van der Waals surface area contributed by atoms with Crippen molar-refractivity contribution >= 4 is 5.91 Å². The number of piperidine rings is 1. The van der Waals surface area contributed by atoms with E-state index in [1.54, 1.807) is 7.11 Å². The molecule has 1 aliphatic heterocycles. The topological polar surface area (TPSA) is 59.4 Å². The van der Waals surface area contributed by atoms with Gasteiger partial charge in [-0.25, -0.2) is 4.68 Å². The van der Waals surface area contributed by atoms with Gasteiger partial charge in [-0.15, -0.1) is 0 Å². The Labute approximate surface area is 201 Å². The molecule has 6 heteroatoms. The van der Waals surface area contributed by atoms with Crippen LogP contribution in [0.5, 0.6) is 5.75 Å². The second kappa shape index (κ2) is 10.4. The van der Waals surface area contributed by atoms with Crippen molar-refractivity contribution in [2.75, 3.05) is 20.2 Å². The summed E-state index contributed by atoms with van der Waals surface area (Å²) in [5.41, 5.74) is 5.28. The van der Waals surface area contributed by atoms with Gasteiger partial charge in [-0.1, -0.05) is 36.8 Å². The molecule has 0 saturated carbocycles. The molecule has 1 N–H and O–H groups in total. The van der Waals surface area contributed by atoms with Crippen LogP contribution < -0.4 is 10.1 Å². The Morgan fingerprint density at radius 1 is 1.03 bits per heavy atom. The van der Waals surface area contributed by atoms with Gasteiger partial charge in [0.2, 0.25) is 0 Å². The normalized spacial score (nSPS) is 17.1. The molecular weight excluding hydrogens is 424 g/mol. The molecule has 0 radical (unpaired) electrons. The van der Waals surface area contributed by atoms with Gasteiger partial charge in [-0.05, 0) is 68.4 Å². The number of rotatable bonds is 6. The second-order valence-corrected chi connectivity index (χ2v) is 9.46. The fraction of sp³-hybridized carbons (Fsp3) is 0.429. The minimum atomic E-state index is -0.0147. The summed E-state index contributed by atoms with van der Waals surface area (Å²) in [5.74, 6) is 0.882. The minimum Gasteiger partial charge on any atom is -0.497 e. The van der Waals surface area contributed by atoms with E-state index < -0.39 is 0 Å². The lowest BCUT2D eigenvalue weighted by Gasteiger charge is -2.32.